The first kappa shape index (κ1) is 12.3. The molecule has 0 bridgehead atoms. The Labute approximate surface area is 98.5 Å². The predicted octanol–water partition coefficient (Wildman–Crippen LogP) is 1.38. The average molecular weight is 227 g/mol. The van der Waals surface area contributed by atoms with Crippen LogP contribution in [0.1, 0.15) is 44.9 Å². The Morgan fingerprint density at radius 1 is 0.875 bits per heavy atom. The Kier molecular flexibility index (Phi) is 4.62. The Morgan fingerprint density at radius 2 is 1.56 bits per heavy atom. The van der Waals surface area contributed by atoms with E-state index in [0.29, 0.717) is 5.92 Å². The molecule has 0 aromatic carbocycles. The van der Waals surface area contributed by atoms with Crippen LogP contribution in [0.3, 0.4) is 0 Å². The molecule has 0 spiro atoms. The van der Waals surface area contributed by atoms with Gasteiger partial charge in [-0.2, -0.15) is 0 Å². The van der Waals surface area contributed by atoms with E-state index in [1.54, 1.807) is 0 Å². The Bertz CT molecular complexity index is 202. The van der Waals surface area contributed by atoms with Crippen LogP contribution < -0.4 is 0 Å². The van der Waals surface area contributed by atoms with Gasteiger partial charge in [-0.15, -0.1) is 0 Å². The molecule has 2 aliphatic rings. The van der Waals surface area contributed by atoms with Crippen LogP contribution in [0.25, 0.3) is 0 Å². The van der Waals surface area contributed by atoms with Gasteiger partial charge in [-0.1, -0.05) is 19.3 Å². The van der Waals surface area contributed by atoms with Crippen molar-refractivity contribution in [2.24, 2.45) is 5.92 Å². The average Bonchev–Trinajstić information content (AvgIpc) is 2.48. The van der Waals surface area contributed by atoms with Gasteiger partial charge >= 0.3 is 0 Å². The van der Waals surface area contributed by atoms with Crippen molar-refractivity contribution < 1.29 is 10.2 Å². The summed E-state index contributed by atoms with van der Waals surface area (Å²) in [4.78, 5) is 2.42. The van der Waals surface area contributed by atoms with E-state index in [0.717, 1.165) is 38.9 Å². The first-order valence-corrected chi connectivity index (χ1v) is 6.84. The first-order chi connectivity index (χ1) is 7.75. The van der Waals surface area contributed by atoms with Crippen LogP contribution in [0.5, 0.6) is 0 Å². The zero-order chi connectivity index (χ0) is 11.4. The molecule has 16 heavy (non-hydrogen) atoms. The standard InChI is InChI=1S/C13H25NO2/c15-12-6-8-14(9-7-12)10-11-4-2-1-3-5-13(11)16/h11-13,15-16H,1-10H2. The highest BCUT2D eigenvalue weighted by Gasteiger charge is 2.25. The number of hydrogen-bond acceptors (Lipinski definition) is 3. The number of aliphatic hydroxyl groups is 2. The molecule has 0 aromatic heterocycles. The van der Waals surface area contributed by atoms with Gasteiger partial charge in [0.1, 0.15) is 0 Å². The number of aliphatic hydroxyl groups excluding tert-OH is 2. The summed E-state index contributed by atoms with van der Waals surface area (Å²) in [6.07, 6.45) is 7.55. The zero-order valence-electron chi connectivity index (χ0n) is 10.1. The van der Waals surface area contributed by atoms with E-state index < -0.39 is 0 Å². The fourth-order valence-corrected chi connectivity index (χ4v) is 3.01. The molecule has 0 aromatic rings. The van der Waals surface area contributed by atoms with Crippen molar-refractivity contribution in [3.63, 3.8) is 0 Å². The van der Waals surface area contributed by atoms with Crippen LogP contribution in [0.2, 0.25) is 0 Å². The molecule has 1 saturated carbocycles. The van der Waals surface area contributed by atoms with E-state index in [-0.39, 0.29) is 12.2 Å². The van der Waals surface area contributed by atoms with Crippen molar-refractivity contribution >= 4 is 0 Å². The summed E-state index contributed by atoms with van der Waals surface area (Å²) in [5.74, 6) is 0.470. The van der Waals surface area contributed by atoms with Gasteiger partial charge < -0.3 is 15.1 Å². The molecule has 2 rings (SSSR count). The van der Waals surface area contributed by atoms with Crippen LogP contribution in [0.4, 0.5) is 0 Å². The van der Waals surface area contributed by atoms with E-state index in [9.17, 15) is 10.2 Å². The lowest BCUT2D eigenvalue weighted by molar-refractivity contribution is 0.0413. The summed E-state index contributed by atoms with van der Waals surface area (Å²) >= 11 is 0. The maximum atomic E-state index is 10.1. The summed E-state index contributed by atoms with van der Waals surface area (Å²) in [7, 11) is 0. The molecule has 3 nitrogen and oxygen atoms in total. The molecule has 1 aliphatic carbocycles. The Hall–Kier alpha value is -0.120. The summed E-state index contributed by atoms with van der Waals surface area (Å²) in [5.41, 5.74) is 0. The molecule has 1 heterocycles. The summed E-state index contributed by atoms with van der Waals surface area (Å²) in [6.45, 7) is 3.04. The van der Waals surface area contributed by atoms with Gasteiger partial charge in [0.15, 0.2) is 0 Å². The highest BCUT2D eigenvalue weighted by molar-refractivity contribution is 4.79. The topological polar surface area (TPSA) is 43.7 Å². The smallest absolute Gasteiger partial charge is 0.0580 e. The van der Waals surface area contributed by atoms with E-state index in [1.807, 2.05) is 0 Å². The Morgan fingerprint density at radius 3 is 2.31 bits per heavy atom. The second-order valence-corrected chi connectivity index (χ2v) is 5.50. The number of rotatable bonds is 2. The largest absolute Gasteiger partial charge is 0.393 e. The molecule has 3 heteroatoms. The van der Waals surface area contributed by atoms with Crippen molar-refractivity contribution in [2.75, 3.05) is 19.6 Å². The monoisotopic (exact) mass is 227 g/mol. The van der Waals surface area contributed by atoms with Crippen LogP contribution in [-0.2, 0) is 0 Å². The van der Waals surface area contributed by atoms with E-state index in [4.69, 9.17) is 0 Å². The molecule has 0 radical (unpaired) electrons. The second kappa shape index (κ2) is 5.99. The van der Waals surface area contributed by atoms with E-state index >= 15 is 0 Å². The minimum absolute atomic E-state index is 0.0877. The minimum Gasteiger partial charge on any atom is -0.393 e. The van der Waals surface area contributed by atoms with Gasteiger partial charge in [0.2, 0.25) is 0 Å². The van der Waals surface area contributed by atoms with Gasteiger partial charge in [0, 0.05) is 19.6 Å². The molecular weight excluding hydrogens is 202 g/mol. The predicted molar refractivity (Wildman–Crippen MR) is 64.3 cm³/mol. The highest BCUT2D eigenvalue weighted by atomic mass is 16.3. The van der Waals surface area contributed by atoms with Gasteiger partial charge in [0.25, 0.3) is 0 Å². The van der Waals surface area contributed by atoms with Gasteiger partial charge in [-0.25, -0.2) is 0 Å². The third kappa shape index (κ3) is 3.44. The zero-order valence-corrected chi connectivity index (χ0v) is 10.1. The van der Waals surface area contributed by atoms with E-state index in [1.165, 1.54) is 25.7 Å². The van der Waals surface area contributed by atoms with Crippen LogP contribution in [0.15, 0.2) is 0 Å². The Balaban J connectivity index is 1.78. The number of piperidine rings is 1. The molecule has 1 aliphatic heterocycles. The number of nitrogens with zero attached hydrogens (tertiary/aromatic N) is 1. The van der Waals surface area contributed by atoms with Crippen molar-refractivity contribution in [3.05, 3.63) is 0 Å². The van der Waals surface area contributed by atoms with Crippen LogP contribution in [0, 0.1) is 5.92 Å². The maximum Gasteiger partial charge on any atom is 0.0580 e. The minimum atomic E-state index is -0.0886. The molecule has 0 amide bonds. The summed E-state index contributed by atoms with van der Waals surface area (Å²) in [6, 6.07) is 0. The first-order valence-electron chi connectivity index (χ1n) is 6.84. The maximum absolute atomic E-state index is 10.1. The SMILES string of the molecule is OC1CCN(CC2CCCCCC2O)CC1. The number of likely N-dealkylation sites (tertiary alicyclic amines) is 1. The molecule has 94 valence electrons. The van der Waals surface area contributed by atoms with Gasteiger partial charge in [-0.05, 0) is 31.6 Å². The summed E-state index contributed by atoms with van der Waals surface area (Å²) < 4.78 is 0. The van der Waals surface area contributed by atoms with Crippen LogP contribution in [-0.4, -0.2) is 47.0 Å². The number of hydrogen-bond donors (Lipinski definition) is 2. The quantitative estimate of drug-likeness (QED) is 0.701. The molecular formula is C13H25NO2. The second-order valence-electron chi connectivity index (χ2n) is 5.50. The third-order valence-electron chi connectivity index (χ3n) is 4.17. The molecule has 2 N–H and O–H groups in total. The van der Waals surface area contributed by atoms with Gasteiger partial charge in [-0.3, -0.25) is 0 Å². The third-order valence-corrected chi connectivity index (χ3v) is 4.17. The van der Waals surface area contributed by atoms with Gasteiger partial charge in [0.05, 0.1) is 12.2 Å². The lowest BCUT2D eigenvalue weighted by Crippen LogP contribution is -2.41. The molecule has 2 fully saturated rings. The molecule has 2 unspecified atom stereocenters. The summed E-state index contributed by atoms with van der Waals surface area (Å²) in [5, 5.41) is 19.5. The fraction of sp³-hybridized carbons (Fsp3) is 1.00. The van der Waals surface area contributed by atoms with E-state index in [2.05, 4.69) is 4.90 Å². The molecule has 1 saturated heterocycles. The van der Waals surface area contributed by atoms with Crippen molar-refractivity contribution in [1.29, 1.82) is 0 Å². The highest BCUT2D eigenvalue weighted by Crippen LogP contribution is 2.25. The fourth-order valence-electron chi connectivity index (χ4n) is 3.01. The lowest BCUT2D eigenvalue weighted by Gasteiger charge is -2.33. The van der Waals surface area contributed by atoms with Crippen molar-refractivity contribution in [3.8, 4) is 0 Å². The van der Waals surface area contributed by atoms with Crippen LogP contribution >= 0.6 is 0 Å². The van der Waals surface area contributed by atoms with Crippen molar-refractivity contribution in [2.45, 2.75) is 57.2 Å². The normalized spacial score (nSPS) is 34.9. The van der Waals surface area contributed by atoms with Crippen molar-refractivity contribution in [1.82, 2.24) is 4.90 Å². The lowest BCUT2D eigenvalue weighted by atomic mass is 9.95. The molecule has 2 atom stereocenters.